The number of amides is 1. The van der Waals surface area contributed by atoms with Crippen LogP contribution in [0.5, 0.6) is 11.5 Å². The molecule has 2 N–H and O–H groups in total. The van der Waals surface area contributed by atoms with Gasteiger partial charge in [-0.05, 0) is 79.7 Å². The predicted octanol–water partition coefficient (Wildman–Crippen LogP) is 4.43. The molecular weight excluding hydrogens is 435 g/mol. The fourth-order valence-electron chi connectivity index (χ4n) is 2.73. The van der Waals surface area contributed by atoms with Gasteiger partial charge in [0, 0.05) is 11.4 Å². The SMILES string of the molecule is CCOc1ccc(OCCC(=O)Nc2ccc(NS(=O)(=O)c3ccc(F)cc3)cc2)cc1. The lowest BCUT2D eigenvalue weighted by Crippen LogP contribution is -2.15. The van der Waals surface area contributed by atoms with Gasteiger partial charge < -0.3 is 14.8 Å². The van der Waals surface area contributed by atoms with Gasteiger partial charge in [0.05, 0.1) is 24.5 Å². The van der Waals surface area contributed by atoms with E-state index in [4.69, 9.17) is 9.47 Å². The van der Waals surface area contributed by atoms with Crippen LogP contribution in [0.3, 0.4) is 0 Å². The Labute approximate surface area is 186 Å². The Morgan fingerprint density at radius 1 is 0.844 bits per heavy atom. The van der Waals surface area contributed by atoms with Crippen molar-refractivity contribution in [2.45, 2.75) is 18.2 Å². The van der Waals surface area contributed by atoms with E-state index in [2.05, 4.69) is 10.0 Å². The van der Waals surface area contributed by atoms with Crippen molar-refractivity contribution in [2.75, 3.05) is 23.3 Å². The number of rotatable bonds is 10. The molecule has 1 amide bonds. The topological polar surface area (TPSA) is 93.7 Å². The van der Waals surface area contributed by atoms with Crippen molar-refractivity contribution in [3.8, 4) is 11.5 Å². The average molecular weight is 459 g/mol. The van der Waals surface area contributed by atoms with Gasteiger partial charge >= 0.3 is 0 Å². The van der Waals surface area contributed by atoms with Crippen molar-refractivity contribution in [3.05, 3.63) is 78.6 Å². The van der Waals surface area contributed by atoms with E-state index >= 15 is 0 Å². The van der Waals surface area contributed by atoms with E-state index in [1.165, 1.54) is 24.3 Å². The fraction of sp³-hybridized carbons (Fsp3) is 0.174. The van der Waals surface area contributed by atoms with Crippen molar-refractivity contribution in [1.29, 1.82) is 0 Å². The zero-order valence-corrected chi connectivity index (χ0v) is 18.2. The minimum absolute atomic E-state index is 0.0520. The van der Waals surface area contributed by atoms with E-state index in [1.807, 2.05) is 6.92 Å². The minimum Gasteiger partial charge on any atom is -0.494 e. The van der Waals surface area contributed by atoms with Gasteiger partial charge in [0.15, 0.2) is 0 Å². The number of halogens is 1. The number of ether oxygens (including phenoxy) is 2. The van der Waals surface area contributed by atoms with Crippen molar-refractivity contribution in [1.82, 2.24) is 0 Å². The maximum atomic E-state index is 13.0. The highest BCUT2D eigenvalue weighted by atomic mass is 32.2. The van der Waals surface area contributed by atoms with Gasteiger partial charge in [-0.1, -0.05) is 0 Å². The second kappa shape index (κ2) is 10.6. The Balaban J connectivity index is 1.47. The lowest BCUT2D eigenvalue weighted by Gasteiger charge is -2.10. The number of anilines is 2. The number of carbonyl (C=O) groups excluding carboxylic acids is 1. The average Bonchev–Trinajstić information content (AvgIpc) is 2.77. The highest BCUT2D eigenvalue weighted by Gasteiger charge is 2.14. The third-order valence-corrected chi connectivity index (χ3v) is 5.67. The number of hydrogen-bond donors (Lipinski definition) is 2. The van der Waals surface area contributed by atoms with Crippen LogP contribution in [-0.4, -0.2) is 27.5 Å². The molecule has 0 unspecified atom stereocenters. The molecular formula is C23H23FN2O5S. The smallest absolute Gasteiger partial charge is 0.261 e. The number of hydrogen-bond acceptors (Lipinski definition) is 5. The van der Waals surface area contributed by atoms with E-state index in [-0.39, 0.29) is 23.8 Å². The van der Waals surface area contributed by atoms with Crippen LogP contribution in [0, 0.1) is 5.82 Å². The zero-order valence-electron chi connectivity index (χ0n) is 17.4. The van der Waals surface area contributed by atoms with Crippen LogP contribution in [-0.2, 0) is 14.8 Å². The van der Waals surface area contributed by atoms with Gasteiger partial charge in [0.25, 0.3) is 10.0 Å². The van der Waals surface area contributed by atoms with Gasteiger partial charge in [-0.25, -0.2) is 12.8 Å². The summed E-state index contributed by atoms with van der Waals surface area (Å²) in [6.07, 6.45) is 0.145. The van der Waals surface area contributed by atoms with Crippen LogP contribution in [0.1, 0.15) is 13.3 Å². The first-order valence-corrected chi connectivity index (χ1v) is 11.4. The molecule has 0 atom stereocenters. The molecule has 9 heteroatoms. The van der Waals surface area contributed by atoms with Crippen molar-refractivity contribution >= 4 is 27.3 Å². The molecule has 3 aromatic rings. The lowest BCUT2D eigenvalue weighted by molar-refractivity contribution is -0.116. The number of benzene rings is 3. The monoisotopic (exact) mass is 458 g/mol. The van der Waals surface area contributed by atoms with Crippen LogP contribution in [0.25, 0.3) is 0 Å². The first kappa shape index (κ1) is 23.1. The molecule has 3 rings (SSSR count). The molecule has 3 aromatic carbocycles. The van der Waals surface area contributed by atoms with E-state index in [0.29, 0.717) is 23.7 Å². The van der Waals surface area contributed by atoms with Crippen molar-refractivity contribution < 1.29 is 27.1 Å². The second-order valence-electron chi connectivity index (χ2n) is 6.69. The summed E-state index contributed by atoms with van der Waals surface area (Å²) in [5, 5.41) is 2.72. The summed E-state index contributed by atoms with van der Waals surface area (Å²) in [5.74, 6) is 0.629. The largest absolute Gasteiger partial charge is 0.494 e. The molecule has 0 heterocycles. The molecule has 0 spiro atoms. The molecule has 0 aromatic heterocycles. The predicted molar refractivity (Wildman–Crippen MR) is 120 cm³/mol. The van der Waals surface area contributed by atoms with Crippen LogP contribution < -0.4 is 19.5 Å². The maximum Gasteiger partial charge on any atom is 0.261 e. The Hall–Kier alpha value is -3.59. The van der Waals surface area contributed by atoms with Crippen LogP contribution >= 0.6 is 0 Å². The molecule has 7 nitrogen and oxygen atoms in total. The van der Waals surface area contributed by atoms with Gasteiger partial charge in [-0.15, -0.1) is 0 Å². The summed E-state index contributed by atoms with van der Waals surface area (Å²) in [6, 6.07) is 17.9. The quantitative estimate of drug-likeness (QED) is 0.469. The summed E-state index contributed by atoms with van der Waals surface area (Å²) < 4.78 is 51.0. The Bertz CT molecular complexity index is 1130. The standard InChI is InChI=1S/C23H23FN2O5S/c1-2-30-20-9-11-21(12-10-20)31-16-15-23(27)25-18-5-7-19(8-6-18)26-32(28,29)22-13-3-17(24)4-14-22/h3-14,26H,2,15-16H2,1H3,(H,25,27). The van der Waals surface area contributed by atoms with E-state index in [1.54, 1.807) is 36.4 Å². The molecule has 0 radical (unpaired) electrons. The second-order valence-corrected chi connectivity index (χ2v) is 8.37. The molecule has 0 saturated carbocycles. The van der Waals surface area contributed by atoms with E-state index in [0.717, 1.165) is 17.9 Å². The molecule has 32 heavy (non-hydrogen) atoms. The molecule has 168 valence electrons. The minimum atomic E-state index is -3.84. The number of carbonyl (C=O) groups is 1. The van der Waals surface area contributed by atoms with Gasteiger partial charge in [-0.2, -0.15) is 0 Å². The summed E-state index contributed by atoms with van der Waals surface area (Å²) in [4.78, 5) is 12.1. The van der Waals surface area contributed by atoms with Crippen LogP contribution in [0.4, 0.5) is 15.8 Å². The first-order chi connectivity index (χ1) is 15.4. The van der Waals surface area contributed by atoms with Gasteiger partial charge in [-0.3, -0.25) is 9.52 Å². The van der Waals surface area contributed by atoms with Gasteiger partial charge in [0.2, 0.25) is 5.91 Å². The van der Waals surface area contributed by atoms with Crippen molar-refractivity contribution in [2.24, 2.45) is 0 Å². The number of nitrogens with one attached hydrogen (secondary N) is 2. The van der Waals surface area contributed by atoms with E-state index < -0.39 is 15.8 Å². The molecule has 0 aliphatic rings. The summed E-state index contributed by atoms with van der Waals surface area (Å²) in [5.41, 5.74) is 0.826. The van der Waals surface area contributed by atoms with Gasteiger partial charge in [0.1, 0.15) is 17.3 Å². The fourth-order valence-corrected chi connectivity index (χ4v) is 3.79. The van der Waals surface area contributed by atoms with Crippen LogP contribution in [0.2, 0.25) is 0 Å². The highest BCUT2D eigenvalue weighted by Crippen LogP contribution is 2.20. The Morgan fingerprint density at radius 2 is 1.41 bits per heavy atom. The molecule has 0 saturated heterocycles. The molecule has 0 fully saturated rings. The van der Waals surface area contributed by atoms with Crippen molar-refractivity contribution in [3.63, 3.8) is 0 Å². The van der Waals surface area contributed by atoms with E-state index in [9.17, 15) is 17.6 Å². The Morgan fingerprint density at radius 3 is 2.00 bits per heavy atom. The number of sulfonamides is 1. The molecule has 0 bridgehead atoms. The first-order valence-electron chi connectivity index (χ1n) is 9.90. The lowest BCUT2D eigenvalue weighted by atomic mass is 10.3. The van der Waals surface area contributed by atoms with Crippen LogP contribution in [0.15, 0.2) is 77.7 Å². The highest BCUT2D eigenvalue weighted by molar-refractivity contribution is 7.92. The third kappa shape index (κ3) is 6.71. The summed E-state index contributed by atoms with van der Waals surface area (Å²) in [7, 11) is -3.84. The Kier molecular flexibility index (Phi) is 7.67. The normalized spacial score (nSPS) is 10.9. The third-order valence-electron chi connectivity index (χ3n) is 4.28. The zero-order chi connectivity index (χ0) is 23.0. The summed E-state index contributed by atoms with van der Waals surface area (Å²) in [6.45, 7) is 2.69. The molecule has 0 aliphatic heterocycles. The molecule has 0 aliphatic carbocycles. The maximum absolute atomic E-state index is 13.0. The summed E-state index contributed by atoms with van der Waals surface area (Å²) >= 11 is 0.